The highest BCUT2D eigenvalue weighted by Crippen LogP contribution is 1.95. The molecule has 0 amide bonds. The van der Waals surface area contributed by atoms with Gasteiger partial charge in [0.05, 0.1) is 0 Å². The van der Waals surface area contributed by atoms with Crippen molar-refractivity contribution in [3.63, 3.8) is 0 Å². The van der Waals surface area contributed by atoms with Crippen molar-refractivity contribution < 1.29 is 0 Å². The van der Waals surface area contributed by atoms with Crippen molar-refractivity contribution >= 4 is 0 Å². The summed E-state index contributed by atoms with van der Waals surface area (Å²) in [6.45, 7) is 8.99. The first-order valence-electron chi connectivity index (χ1n) is 2.83. The highest BCUT2D eigenvalue weighted by atomic mass is 13.8. The van der Waals surface area contributed by atoms with E-state index in [0.29, 0.717) is 0 Å². The molecule has 0 rings (SSSR count). The van der Waals surface area contributed by atoms with Crippen molar-refractivity contribution in [1.82, 2.24) is 0 Å². The van der Waals surface area contributed by atoms with E-state index in [0.717, 1.165) is 5.57 Å². The van der Waals surface area contributed by atoms with Crippen LogP contribution in [0.15, 0.2) is 43.0 Å². The van der Waals surface area contributed by atoms with Crippen LogP contribution < -0.4 is 0 Å². The summed E-state index contributed by atoms with van der Waals surface area (Å²) in [5.74, 6) is 0. The van der Waals surface area contributed by atoms with E-state index in [4.69, 9.17) is 0 Å². The molecule has 0 aliphatic rings. The van der Waals surface area contributed by atoms with Gasteiger partial charge < -0.3 is 0 Å². The molecule has 0 aliphatic carbocycles. The van der Waals surface area contributed by atoms with Gasteiger partial charge in [0.15, 0.2) is 0 Å². The minimum Gasteiger partial charge on any atom is -0.197 e. The molecular weight excluding hydrogens is 108 g/mol. The molecule has 0 saturated heterocycles. The summed E-state index contributed by atoms with van der Waals surface area (Å²) >= 11 is 0. The van der Waals surface area contributed by atoms with E-state index in [2.05, 4.69) is 19.2 Å². The minimum absolute atomic E-state index is 0.995. The topological polar surface area (TPSA) is 0 Å². The molecule has 0 heteroatoms. The Morgan fingerprint density at radius 1 is 1.56 bits per heavy atom. The van der Waals surface area contributed by atoms with Gasteiger partial charge in [0.2, 0.25) is 0 Å². The Hall–Kier alpha value is -1.04. The Bertz CT molecular complexity index is 147. The van der Waals surface area contributed by atoms with Gasteiger partial charge in [0.1, 0.15) is 0 Å². The Morgan fingerprint density at radius 3 is 2.56 bits per heavy atom. The third-order valence-electron chi connectivity index (χ3n) is 0.927. The van der Waals surface area contributed by atoms with Crippen LogP contribution in [0.1, 0.15) is 6.92 Å². The van der Waals surface area contributed by atoms with Crippen LogP contribution in [0.3, 0.4) is 0 Å². The second kappa shape index (κ2) is 5.10. The third-order valence-corrected chi connectivity index (χ3v) is 0.927. The van der Waals surface area contributed by atoms with E-state index in [1.54, 1.807) is 6.08 Å². The summed E-state index contributed by atoms with van der Waals surface area (Å²) in [6.07, 6.45) is 10.2. The number of rotatable bonds is 3. The fourth-order valence-electron chi connectivity index (χ4n) is 0.429. The fourth-order valence-corrected chi connectivity index (χ4v) is 0.429. The monoisotopic (exact) mass is 119 g/mol. The van der Waals surface area contributed by atoms with Gasteiger partial charge in [-0.15, -0.1) is 12.7 Å². The third kappa shape index (κ3) is 3.53. The quantitative estimate of drug-likeness (QED) is 0.396. The lowest BCUT2D eigenvalue weighted by atomic mass is 10.2. The molecule has 0 N–H and O–H groups in total. The van der Waals surface area contributed by atoms with Crippen LogP contribution in [0.5, 0.6) is 0 Å². The van der Waals surface area contributed by atoms with Crippen LogP contribution >= 0.6 is 0 Å². The summed E-state index contributed by atoms with van der Waals surface area (Å²) in [4.78, 5) is 0. The van der Waals surface area contributed by atoms with E-state index >= 15 is 0 Å². The molecular formula is C9H11-. The Balaban J connectivity index is 3.99. The van der Waals surface area contributed by atoms with E-state index < -0.39 is 0 Å². The smallest absolute Gasteiger partial charge is 0.0816 e. The lowest BCUT2D eigenvalue weighted by molar-refractivity contribution is 1.58. The predicted octanol–water partition coefficient (Wildman–Crippen LogP) is 2.66. The maximum Gasteiger partial charge on any atom is -0.0816 e. The number of allylic oxidation sites excluding steroid dienone is 6. The maximum absolute atomic E-state index is 3.54. The summed E-state index contributed by atoms with van der Waals surface area (Å²) in [7, 11) is 0. The molecule has 0 heterocycles. The van der Waals surface area contributed by atoms with Crippen molar-refractivity contribution in [3.8, 4) is 0 Å². The van der Waals surface area contributed by atoms with Gasteiger partial charge in [0, 0.05) is 0 Å². The molecule has 0 aromatic carbocycles. The zero-order valence-electron chi connectivity index (χ0n) is 5.72. The van der Waals surface area contributed by atoms with E-state index in [9.17, 15) is 0 Å². The molecule has 0 aliphatic heterocycles. The summed E-state index contributed by atoms with van der Waals surface area (Å²) < 4.78 is 0. The predicted molar refractivity (Wildman–Crippen MR) is 42.0 cm³/mol. The van der Waals surface area contributed by atoms with Crippen molar-refractivity contribution in [3.05, 3.63) is 49.1 Å². The first kappa shape index (κ1) is 7.96. The normalized spacial score (nSPS) is 11.9. The average Bonchev–Trinajstić information content (AvgIpc) is 1.91. The lowest BCUT2D eigenvalue weighted by Gasteiger charge is -1.97. The zero-order chi connectivity index (χ0) is 7.11. The Labute approximate surface area is 56.9 Å². The second-order valence-corrected chi connectivity index (χ2v) is 1.52. The molecule has 0 aromatic heterocycles. The summed E-state index contributed by atoms with van der Waals surface area (Å²) in [6, 6.07) is 0. The second-order valence-electron chi connectivity index (χ2n) is 1.52. The molecule has 0 atom stereocenters. The Morgan fingerprint density at radius 2 is 2.22 bits per heavy atom. The van der Waals surface area contributed by atoms with Gasteiger partial charge in [-0.1, -0.05) is 13.0 Å². The standard InChI is InChI=1S/C9H11/c1-4-7-8-9(5-2)6-3/h4,6-8H,1-2H2,3H3/q-1/b8-7-,9-6-. The molecule has 9 heavy (non-hydrogen) atoms. The molecule has 0 spiro atoms. The summed E-state index contributed by atoms with van der Waals surface area (Å²) in [5, 5.41) is 0. The van der Waals surface area contributed by atoms with Gasteiger partial charge in [-0.3, -0.25) is 0 Å². The van der Waals surface area contributed by atoms with Crippen LogP contribution in [0.4, 0.5) is 0 Å². The van der Waals surface area contributed by atoms with E-state index in [-0.39, 0.29) is 0 Å². The van der Waals surface area contributed by atoms with Crippen molar-refractivity contribution in [2.24, 2.45) is 0 Å². The number of hydrogen-bond acceptors (Lipinski definition) is 0. The maximum atomic E-state index is 3.54. The zero-order valence-corrected chi connectivity index (χ0v) is 5.72. The first-order valence-corrected chi connectivity index (χ1v) is 2.83. The fraction of sp³-hybridized carbons (Fsp3) is 0.111. The van der Waals surface area contributed by atoms with Gasteiger partial charge in [0.25, 0.3) is 0 Å². The SMILES string of the molecule is C=[C-]C(/C=C\C=C)=C/C. The van der Waals surface area contributed by atoms with Crippen LogP contribution in [0, 0.1) is 6.08 Å². The van der Waals surface area contributed by atoms with Crippen LogP contribution in [-0.2, 0) is 0 Å². The highest BCUT2D eigenvalue weighted by Gasteiger charge is 1.63. The lowest BCUT2D eigenvalue weighted by Crippen LogP contribution is -1.65. The van der Waals surface area contributed by atoms with Crippen LogP contribution in [-0.4, -0.2) is 0 Å². The average molecular weight is 119 g/mol. The van der Waals surface area contributed by atoms with Gasteiger partial charge in [-0.2, -0.15) is 30.4 Å². The van der Waals surface area contributed by atoms with Gasteiger partial charge in [-0.05, 0) is 0 Å². The van der Waals surface area contributed by atoms with Crippen LogP contribution in [0.2, 0.25) is 0 Å². The first-order chi connectivity index (χ1) is 4.35. The molecule has 0 saturated carbocycles. The van der Waals surface area contributed by atoms with Gasteiger partial charge in [-0.25, -0.2) is 0 Å². The molecule has 48 valence electrons. The number of hydrogen-bond donors (Lipinski definition) is 0. The molecule has 0 radical (unpaired) electrons. The van der Waals surface area contributed by atoms with Crippen molar-refractivity contribution in [1.29, 1.82) is 0 Å². The van der Waals surface area contributed by atoms with Gasteiger partial charge >= 0.3 is 0 Å². The molecule has 0 unspecified atom stereocenters. The van der Waals surface area contributed by atoms with Crippen molar-refractivity contribution in [2.45, 2.75) is 6.92 Å². The Kier molecular flexibility index (Phi) is 4.51. The minimum atomic E-state index is 0.995. The largest absolute Gasteiger partial charge is 0.197 e. The van der Waals surface area contributed by atoms with E-state index in [1.807, 2.05) is 25.2 Å². The molecule has 0 fully saturated rings. The van der Waals surface area contributed by atoms with E-state index in [1.165, 1.54) is 0 Å². The molecule has 0 aromatic rings. The summed E-state index contributed by atoms with van der Waals surface area (Å²) in [5.41, 5.74) is 0.995. The van der Waals surface area contributed by atoms with Crippen LogP contribution in [0.25, 0.3) is 0 Å². The van der Waals surface area contributed by atoms with Crippen molar-refractivity contribution in [2.75, 3.05) is 0 Å². The molecule has 0 bridgehead atoms. The molecule has 0 nitrogen and oxygen atoms in total. The highest BCUT2D eigenvalue weighted by molar-refractivity contribution is 5.25.